The molecule has 2 nitrogen and oxygen atoms in total. The average molecular weight is 261 g/mol. The van der Waals surface area contributed by atoms with Gasteiger partial charge in [-0.1, -0.05) is 32.0 Å². The van der Waals surface area contributed by atoms with Crippen LogP contribution in [0.15, 0.2) is 24.3 Å². The fourth-order valence-electron chi connectivity index (χ4n) is 2.76. The van der Waals surface area contributed by atoms with E-state index in [1.165, 1.54) is 25.1 Å². The van der Waals surface area contributed by atoms with Gasteiger partial charge in [0.2, 0.25) is 0 Å². The van der Waals surface area contributed by atoms with Gasteiger partial charge in [-0.15, -0.1) is 0 Å². The number of hydrogen-bond acceptors (Lipinski definition) is 2. The molecule has 1 heterocycles. The van der Waals surface area contributed by atoms with Crippen LogP contribution in [0.25, 0.3) is 0 Å². The molecule has 1 fully saturated rings. The monoisotopic (exact) mass is 261 g/mol. The predicted molar refractivity (Wildman–Crippen MR) is 80.8 cm³/mol. The number of likely N-dealkylation sites (tertiary alicyclic amines) is 1. The first-order valence-corrected chi connectivity index (χ1v) is 7.53. The van der Waals surface area contributed by atoms with E-state index in [1.54, 1.807) is 0 Å². The first-order chi connectivity index (χ1) is 9.08. The normalized spacial score (nSPS) is 20.4. The number of rotatable bonds is 5. The zero-order chi connectivity index (χ0) is 13.8. The Morgan fingerprint density at radius 1 is 1.21 bits per heavy atom. The lowest BCUT2D eigenvalue weighted by atomic mass is 10.0. The molecule has 2 rings (SSSR count). The summed E-state index contributed by atoms with van der Waals surface area (Å²) < 4.78 is 6.08. The van der Waals surface area contributed by atoms with Gasteiger partial charge in [-0.25, -0.2) is 0 Å². The quantitative estimate of drug-likeness (QED) is 0.796. The van der Waals surface area contributed by atoms with E-state index in [0.717, 1.165) is 12.4 Å². The molecular formula is C17H27NO. The van der Waals surface area contributed by atoms with Gasteiger partial charge in [0.15, 0.2) is 0 Å². The maximum Gasteiger partial charge on any atom is 0.122 e. The van der Waals surface area contributed by atoms with Crippen molar-refractivity contribution in [3.8, 4) is 5.75 Å². The molecule has 1 aliphatic heterocycles. The summed E-state index contributed by atoms with van der Waals surface area (Å²) in [6.45, 7) is 12.2. The van der Waals surface area contributed by atoms with E-state index >= 15 is 0 Å². The van der Waals surface area contributed by atoms with E-state index in [2.05, 4.69) is 56.9 Å². The zero-order valence-electron chi connectivity index (χ0n) is 12.7. The molecule has 106 valence electrons. The molecule has 0 saturated carbocycles. The Hall–Kier alpha value is -1.02. The molecule has 2 heteroatoms. The van der Waals surface area contributed by atoms with Gasteiger partial charge in [0.1, 0.15) is 5.75 Å². The molecule has 0 amide bonds. The third-order valence-corrected chi connectivity index (χ3v) is 4.06. The third-order valence-electron chi connectivity index (χ3n) is 4.06. The number of hydrogen-bond donors (Lipinski definition) is 0. The summed E-state index contributed by atoms with van der Waals surface area (Å²) in [5, 5.41) is 0. The second kappa shape index (κ2) is 6.42. The van der Waals surface area contributed by atoms with Crippen LogP contribution >= 0.6 is 0 Å². The summed E-state index contributed by atoms with van der Waals surface area (Å²) in [5.74, 6) is 2.27. The Balaban J connectivity index is 1.90. The van der Waals surface area contributed by atoms with Gasteiger partial charge in [0, 0.05) is 18.5 Å². The molecule has 1 unspecified atom stereocenters. The van der Waals surface area contributed by atoms with E-state index in [4.69, 9.17) is 4.74 Å². The highest BCUT2D eigenvalue weighted by molar-refractivity contribution is 5.35. The SMILES string of the molecule is CC(C)c1ccccc1OCC1CCN(C(C)C)C1. The standard InChI is InChI=1S/C17H27NO/c1-13(2)16-7-5-6-8-17(16)19-12-15-9-10-18(11-15)14(3)4/h5-8,13-15H,9-12H2,1-4H3. The third kappa shape index (κ3) is 3.73. The molecule has 0 bridgehead atoms. The minimum atomic E-state index is 0.520. The lowest BCUT2D eigenvalue weighted by molar-refractivity contribution is 0.222. The van der Waals surface area contributed by atoms with Crippen molar-refractivity contribution >= 4 is 0 Å². The maximum absolute atomic E-state index is 6.08. The Kier molecular flexibility index (Phi) is 4.87. The first kappa shape index (κ1) is 14.4. The molecule has 19 heavy (non-hydrogen) atoms. The molecule has 1 saturated heterocycles. The minimum Gasteiger partial charge on any atom is -0.493 e. The first-order valence-electron chi connectivity index (χ1n) is 7.53. The van der Waals surface area contributed by atoms with Gasteiger partial charge in [-0.3, -0.25) is 0 Å². The van der Waals surface area contributed by atoms with Crippen LogP contribution in [0, 0.1) is 5.92 Å². The molecule has 1 aromatic rings. The largest absolute Gasteiger partial charge is 0.493 e. The second-order valence-electron chi connectivity index (χ2n) is 6.25. The number of benzene rings is 1. The summed E-state index contributed by atoms with van der Waals surface area (Å²) in [6.07, 6.45) is 1.27. The van der Waals surface area contributed by atoms with Crippen molar-refractivity contribution in [2.75, 3.05) is 19.7 Å². The minimum absolute atomic E-state index is 0.520. The highest BCUT2D eigenvalue weighted by Crippen LogP contribution is 2.27. The van der Waals surface area contributed by atoms with Crippen LogP contribution in [0.1, 0.15) is 45.6 Å². The van der Waals surface area contributed by atoms with Gasteiger partial charge in [-0.05, 0) is 44.4 Å². The lowest BCUT2D eigenvalue weighted by Crippen LogP contribution is -2.29. The zero-order valence-corrected chi connectivity index (χ0v) is 12.7. The van der Waals surface area contributed by atoms with Crippen molar-refractivity contribution in [1.82, 2.24) is 4.90 Å². The van der Waals surface area contributed by atoms with Crippen LogP contribution in [0.4, 0.5) is 0 Å². The highest BCUT2D eigenvalue weighted by atomic mass is 16.5. The molecular weight excluding hydrogens is 234 g/mol. The molecule has 1 aliphatic rings. The fraction of sp³-hybridized carbons (Fsp3) is 0.647. The maximum atomic E-state index is 6.08. The summed E-state index contributed by atoms with van der Waals surface area (Å²) in [5.41, 5.74) is 1.32. The highest BCUT2D eigenvalue weighted by Gasteiger charge is 2.24. The number of ether oxygens (including phenoxy) is 1. The van der Waals surface area contributed by atoms with E-state index in [0.29, 0.717) is 17.9 Å². The van der Waals surface area contributed by atoms with Gasteiger partial charge < -0.3 is 9.64 Å². The Morgan fingerprint density at radius 2 is 1.95 bits per heavy atom. The number of nitrogens with zero attached hydrogens (tertiary/aromatic N) is 1. The van der Waals surface area contributed by atoms with Crippen LogP contribution in [0.3, 0.4) is 0 Å². The Bertz CT molecular complexity index is 400. The molecule has 1 atom stereocenters. The molecule has 1 aromatic carbocycles. The van der Waals surface area contributed by atoms with Crippen LogP contribution in [0.5, 0.6) is 5.75 Å². The number of para-hydroxylation sites is 1. The van der Waals surface area contributed by atoms with E-state index in [9.17, 15) is 0 Å². The summed E-state index contributed by atoms with van der Waals surface area (Å²) >= 11 is 0. The van der Waals surface area contributed by atoms with Crippen molar-refractivity contribution in [2.24, 2.45) is 5.92 Å². The van der Waals surface area contributed by atoms with E-state index in [-0.39, 0.29) is 0 Å². The Labute approximate surface area is 117 Å². The molecule has 0 aliphatic carbocycles. The fourth-order valence-corrected chi connectivity index (χ4v) is 2.76. The van der Waals surface area contributed by atoms with Crippen molar-refractivity contribution in [2.45, 2.75) is 46.1 Å². The van der Waals surface area contributed by atoms with Gasteiger partial charge in [0.25, 0.3) is 0 Å². The molecule has 0 N–H and O–H groups in total. The summed E-state index contributed by atoms with van der Waals surface area (Å²) in [4.78, 5) is 2.54. The lowest BCUT2D eigenvalue weighted by Gasteiger charge is -2.20. The summed E-state index contributed by atoms with van der Waals surface area (Å²) in [7, 11) is 0. The molecule has 0 aromatic heterocycles. The van der Waals surface area contributed by atoms with Crippen molar-refractivity contribution < 1.29 is 4.74 Å². The van der Waals surface area contributed by atoms with Crippen LogP contribution in [0.2, 0.25) is 0 Å². The van der Waals surface area contributed by atoms with Crippen LogP contribution in [-0.2, 0) is 0 Å². The Morgan fingerprint density at radius 3 is 2.58 bits per heavy atom. The second-order valence-corrected chi connectivity index (χ2v) is 6.25. The van der Waals surface area contributed by atoms with Crippen molar-refractivity contribution in [3.05, 3.63) is 29.8 Å². The van der Waals surface area contributed by atoms with Crippen LogP contribution < -0.4 is 4.74 Å². The average Bonchev–Trinajstić information content (AvgIpc) is 2.85. The van der Waals surface area contributed by atoms with E-state index in [1.807, 2.05) is 0 Å². The van der Waals surface area contributed by atoms with Crippen molar-refractivity contribution in [1.29, 1.82) is 0 Å². The predicted octanol–water partition coefficient (Wildman–Crippen LogP) is 3.92. The van der Waals surface area contributed by atoms with Crippen LogP contribution in [-0.4, -0.2) is 30.6 Å². The summed E-state index contributed by atoms with van der Waals surface area (Å²) in [6, 6.07) is 9.10. The van der Waals surface area contributed by atoms with Crippen molar-refractivity contribution in [3.63, 3.8) is 0 Å². The molecule has 0 radical (unpaired) electrons. The van der Waals surface area contributed by atoms with E-state index < -0.39 is 0 Å². The molecule has 0 spiro atoms. The topological polar surface area (TPSA) is 12.5 Å². The smallest absolute Gasteiger partial charge is 0.122 e. The van der Waals surface area contributed by atoms with Gasteiger partial charge >= 0.3 is 0 Å². The van der Waals surface area contributed by atoms with Gasteiger partial charge in [-0.2, -0.15) is 0 Å². The van der Waals surface area contributed by atoms with Gasteiger partial charge in [0.05, 0.1) is 6.61 Å².